The maximum Gasteiger partial charge on any atom is 1.00 e. The number of carbonyl (C=O) groups excluding carboxylic acids is 1. The summed E-state index contributed by atoms with van der Waals surface area (Å²) >= 11 is 0. The van der Waals surface area contributed by atoms with Crippen LogP contribution < -0.4 is 50.8 Å². The first-order valence-corrected chi connectivity index (χ1v) is 11.0. The molecule has 0 aliphatic carbocycles. The second-order valence-corrected chi connectivity index (χ2v) is 8.63. The topological polar surface area (TPSA) is 234 Å². The summed E-state index contributed by atoms with van der Waals surface area (Å²) in [6.07, 6.45) is -15.4. The molecule has 0 bridgehead atoms. The van der Waals surface area contributed by atoms with Crippen LogP contribution in [0.3, 0.4) is 0 Å². The van der Waals surface area contributed by atoms with Crippen LogP contribution in [-0.2, 0) is 19.0 Å². The second-order valence-electron chi connectivity index (χ2n) is 8.63. The Bertz CT molecular complexity index is 1160. The number of aryl methyl sites for hydroxylation is 1. The standard InChI is InChI=1S/C22H27NO13.Na/c1-7-4-12(25)33-10-5-8(2-3-9(7)10)32-22-17(29)16(28)18(19(36-22)20(30)31)35-21-13(23)15(27)14(26)11(6-24)34-21;/h2-5,11,13-19,21-22,24,26-29H,6,23H2,1H3,(H,30,31);/q;+1/p-1/t11-,13-,14-,15-,16-,17-,18+,19+,21-,22-;/m1./s1. The summed E-state index contributed by atoms with van der Waals surface area (Å²) in [5.41, 5.74) is 6.03. The van der Waals surface area contributed by atoms with Crippen LogP contribution in [0.1, 0.15) is 5.56 Å². The van der Waals surface area contributed by atoms with Crippen LogP contribution in [0.25, 0.3) is 11.0 Å². The van der Waals surface area contributed by atoms with E-state index >= 15 is 0 Å². The molecular formula is C22H26NNaO13. The molecule has 2 aromatic rings. The molecule has 0 spiro atoms. The fourth-order valence-electron chi connectivity index (χ4n) is 4.17. The summed E-state index contributed by atoms with van der Waals surface area (Å²) in [6.45, 7) is 0.988. The molecule has 4 rings (SSSR count). The molecule has 1 aromatic heterocycles. The van der Waals surface area contributed by atoms with Crippen LogP contribution in [0.4, 0.5) is 0 Å². The van der Waals surface area contributed by atoms with Gasteiger partial charge < -0.3 is 64.5 Å². The maximum absolute atomic E-state index is 11.8. The normalized spacial score (nSPS) is 36.1. The van der Waals surface area contributed by atoms with E-state index in [4.69, 9.17) is 29.1 Å². The molecule has 3 heterocycles. The summed E-state index contributed by atoms with van der Waals surface area (Å²) in [7, 11) is 0. The van der Waals surface area contributed by atoms with Gasteiger partial charge in [-0.25, -0.2) is 4.79 Å². The summed E-state index contributed by atoms with van der Waals surface area (Å²) < 4.78 is 26.7. The average Bonchev–Trinajstić information content (AvgIpc) is 2.83. The average molecular weight is 535 g/mol. The minimum atomic E-state index is -2.00. The van der Waals surface area contributed by atoms with E-state index in [9.17, 15) is 40.2 Å². The van der Waals surface area contributed by atoms with E-state index < -0.39 is 79.6 Å². The van der Waals surface area contributed by atoms with Gasteiger partial charge in [0.25, 0.3) is 0 Å². The molecule has 2 fully saturated rings. The fraction of sp³-hybridized carbons (Fsp3) is 0.545. The van der Waals surface area contributed by atoms with Gasteiger partial charge in [0.15, 0.2) is 6.29 Å². The zero-order valence-corrected chi connectivity index (χ0v) is 21.9. The number of hydrogen-bond acceptors (Lipinski definition) is 14. The number of aliphatic hydroxyl groups excluding tert-OH is 5. The molecule has 2 saturated heterocycles. The van der Waals surface area contributed by atoms with Gasteiger partial charge in [-0.2, -0.15) is 0 Å². The predicted octanol–water partition coefficient (Wildman–Crippen LogP) is -7.17. The van der Waals surface area contributed by atoms with Crippen molar-refractivity contribution in [2.75, 3.05) is 6.61 Å². The van der Waals surface area contributed by atoms with Crippen molar-refractivity contribution in [1.82, 2.24) is 0 Å². The summed E-state index contributed by atoms with van der Waals surface area (Å²) in [4.78, 5) is 23.5. The first-order valence-electron chi connectivity index (χ1n) is 11.0. The predicted molar refractivity (Wildman–Crippen MR) is 114 cm³/mol. The molecule has 14 nitrogen and oxygen atoms in total. The maximum atomic E-state index is 11.8. The van der Waals surface area contributed by atoms with Crippen LogP contribution in [0.15, 0.2) is 33.5 Å². The molecule has 7 N–H and O–H groups in total. The number of carbonyl (C=O) groups is 1. The fourth-order valence-corrected chi connectivity index (χ4v) is 4.17. The van der Waals surface area contributed by atoms with Crippen molar-refractivity contribution < 1.29 is 88.4 Å². The molecule has 37 heavy (non-hydrogen) atoms. The molecule has 2 aliphatic heterocycles. The molecular weight excluding hydrogens is 509 g/mol. The first kappa shape index (κ1) is 29.9. The van der Waals surface area contributed by atoms with Crippen LogP contribution in [0.5, 0.6) is 5.75 Å². The third kappa shape index (κ3) is 6.00. The number of benzene rings is 1. The van der Waals surface area contributed by atoms with Gasteiger partial charge in [-0.3, -0.25) is 0 Å². The smallest absolute Gasteiger partial charge is 0.547 e. The molecule has 1 aromatic carbocycles. The van der Waals surface area contributed by atoms with Gasteiger partial charge in [0.05, 0.1) is 18.6 Å². The second kappa shape index (κ2) is 12.0. The number of aliphatic hydroxyl groups is 5. The van der Waals surface area contributed by atoms with Gasteiger partial charge in [-0.1, -0.05) is 0 Å². The SMILES string of the molecule is Cc1cc(=O)oc2cc(O[C@@H]3O[C@H](C(=O)[O-])[C@@H](O[C@H]4O[C@H](CO)[C@@H](O)[C@H](O)[C@H]4N)[C@H](O)[C@H]3O)ccc12.[Na+]. The van der Waals surface area contributed by atoms with Crippen molar-refractivity contribution in [2.24, 2.45) is 5.73 Å². The quantitative estimate of drug-likeness (QED) is 0.149. The van der Waals surface area contributed by atoms with Crippen molar-refractivity contribution >= 4 is 16.9 Å². The Kier molecular flexibility index (Phi) is 9.71. The summed E-state index contributed by atoms with van der Waals surface area (Å²) in [5, 5.41) is 63.0. The number of fused-ring (bicyclic) bond motifs is 1. The Hall–Kier alpha value is -1.66. The Labute approximate surface area is 231 Å². The number of rotatable bonds is 6. The van der Waals surface area contributed by atoms with E-state index in [1.165, 1.54) is 18.2 Å². The number of carboxylic acids is 1. The van der Waals surface area contributed by atoms with Crippen molar-refractivity contribution in [3.05, 3.63) is 40.2 Å². The van der Waals surface area contributed by atoms with E-state index in [2.05, 4.69) is 0 Å². The number of hydrogen-bond donors (Lipinski definition) is 6. The van der Waals surface area contributed by atoms with Crippen LogP contribution in [0.2, 0.25) is 0 Å². The van der Waals surface area contributed by atoms with Gasteiger partial charge in [0.2, 0.25) is 6.29 Å². The number of nitrogens with two attached hydrogens (primary N) is 1. The van der Waals surface area contributed by atoms with Gasteiger partial charge in [-0.05, 0) is 24.6 Å². The third-order valence-electron chi connectivity index (χ3n) is 6.17. The zero-order chi connectivity index (χ0) is 26.3. The van der Waals surface area contributed by atoms with Crippen molar-refractivity contribution in [1.29, 1.82) is 0 Å². The Morgan fingerprint density at radius 1 is 1.05 bits per heavy atom. The molecule has 0 radical (unpaired) electrons. The van der Waals surface area contributed by atoms with E-state index in [1.54, 1.807) is 13.0 Å². The number of aliphatic carboxylic acids is 1. The van der Waals surface area contributed by atoms with Crippen LogP contribution in [-0.4, -0.2) is 99.5 Å². The van der Waals surface area contributed by atoms with Gasteiger partial charge in [0, 0.05) is 17.5 Å². The van der Waals surface area contributed by atoms with Crippen LogP contribution >= 0.6 is 0 Å². The van der Waals surface area contributed by atoms with Crippen LogP contribution in [0, 0.1) is 6.92 Å². The number of ether oxygens (including phenoxy) is 4. The molecule has 0 unspecified atom stereocenters. The molecule has 0 amide bonds. The van der Waals surface area contributed by atoms with E-state index in [0.29, 0.717) is 10.9 Å². The van der Waals surface area contributed by atoms with Gasteiger partial charge in [0.1, 0.15) is 54.1 Å². The Balaban J connectivity index is 0.00000380. The minimum Gasteiger partial charge on any atom is -0.547 e. The van der Waals surface area contributed by atoms with Gasteiger partial charge >= 0.3 is 35.2 Å². The molecule has 2 aliphatic rings. The van der Waals surface area contributed by atoms with Crippen molar-refractivity contribution in [2.45, 2.75) is 68.3 Å². The number of carboxylic acid groups (broad SMARTS) is 1. The Morgan fingerprint density at radius 3 is 2.41 bits per heavy atom. The summed E-state index contributed by atoms with van der Waals surface area (Å²) in [6, 6.07) is 4.28. The van der Waals surface area contributed by atoms with Crippen molar-refractivity contribution in [3.63, 3.8) is 0 Å². The molecule has 0 saturated carbocycles. The van der Waals surface area contributed by atoms with E-state index in [-0.39, 0.29) is 40.9 Å². The molecule has 198 valence electrons. The first-order chi connectivity index (χ1) is 17.0. The van der Waals surface area contributed by atoms with E-state index in [0.717, 1.165) is 0 Å². The monoisotopic (exact) mass is 535 g/mol. The van der Waals surface area contributed by atoms with E-state index in [1.807, 2.05) is 0 Å². The Morgan fingerprint density at radius 2 is 1.76 bits per heavy atom. The van der Waals surface area contributed by atoms with Crippen molar-refractivity contribution in [3.8, 4) is 5.75 Å². The largest absolute Gasteiger partial charge is 1.00 e. The molecule has 10 atom stereocenters. The summed E-state index contributed by atoms with van der Waals surface area (Å²) in [5.74, 6) is -1.80. The minimum absolute atomic E-state index is 0. The zero-order valence-electron chi connectivity index (χ0n) is 19.9. The molecule has 15 heteroatoms. The third-order valence-corrected chi connectivity index (χ3v) is 6.17. The van der Waals surface area contributed by atoms with Gasteiger partial charge in [-0.15, -0.1) is 0 Å².